The van der Waals surface area contributed by atoms with E-state index in [4.69, 9.17) is 0 Å². The smallest absolute Gasteiger partial charge is 0.433 e. The molecule has 74 valence electrons. The lowest BCUT2D eigenvalue weighted by Crippen LogP contribution is -2.12. The van der Waals surface area contributed by atoms with E-state index in [2.05, 4.69) is 16.3 Å². The number of nitrogens with zero attached hydrogens (tertiary/aromatic N) is 1. The van der Waals surface area contributed by atoms with E-state index in [0.29, 0.717) is 0 Å². The van der Waals surface area contributed by atoms with Gasteiger partial charge in [0.25, 0.3) is 0 Å². The Balaban J connectivity index is 4.70. The Kier molecular flexibility index (Phi) is 5.04. The van der Waals surface area contributed by atoms with Crippen molar-refractivity contribution in [3.05, 3.63) is 12.2 Å². The molecule has 0 radical (unpaired) electrons. The lowest BCUT2D eigenvalue weighted by atomic mass is 9.99. The predicted octanol–water partition coefficient (Wildman–Crippen LogP) is 2.82. The molecule has 0 atom stereocenters. The molecule has 0 aliphatic heterocycles. The van der Waals surface area contributed by atoms with Crippen LogP contribution in [0.4, 0.5) is 4.79 Å². The second-order valence-electron chi connectivity index (χ2n) is 3.08. The number of methoxy groups -OCH3 is 1. The zero-order valence-electron chi connectivity index (χ0n) is 8.76. The molecule has 0 unspecified atom stereocenters. The Morgan fingerprint density at radius 3 is 2.38 bits per heavy atom. The molecule has 0 fully saturated rings. The number of hydrogen-bond donors (Lipinski definition) is 0. The average Bonchev–Trinajstić information content (AvgIpc) is 2.11. The molecule has 0 N–H and O–H groups in total. The summed E-state index contributed by atoms with van der Waals surface area (Å²) in [5.41, 5.74) is 1.62. The third-order valence-electron chi connectivity index (χ3n) is 1.72. The van der Waals surface area contributed by atoms with Gasteiger partial charge in [0.05, 0.1) is 12.8 Å². The minimum absolute atomic E-state index is 0.201. The summed E-state index contributed by atoms with van der Waals surface area (Å²) in [6.45, 7) is 9.78. The molecular weight excluding hydrogens is 166 g/mol. The first-order valence-corrected chi connectivity index (χ1v) is 4.37. The van der Waals surface area contributed by atoms with Crippen molar-refractivity contribution in [2.24, 2.45) is 10.9 Å². The fourth-order valence-corrected chi connectivity index (χ4v) is 0.942. The summed E-state index contributed by atoms with van der Waals surface area (Å²) < 4.78 is 4.46. The van der Waals surface area contributed by atoms with Gasteiger partial charge in [0, 0.05) is 0 Å². The highest BCUT2D eigenvalue weighted by Crippen LogP contribution is 2.10. The van der Waals surface area contributed by atoms with Crippen LogP contribution in [-0.4, -0.2) is 18.9 Å². The topological polar surface area (TPSA) is 38.7 Å². The van der Waals surface area contributed by atoms with Crippen molar-refractivity contribution in [2.45, 2.75) is 27.2 Å². The standard InChI is InChI=1S/C10H17NO2/c1-6-8(4)9(7(2)3)11-10(12)13-5/h7H,4,6H2,1-3,5H3/b11-9+. The van der Waals surface area contributed by atoms with Crippen LogP contribution in [0.2, 0.25) is 0 Å². The molecule has 0 heterocycles. The summed E-state index contributed by atoms with van der Waals surface area (Å²) in [7, 11) is 1.32. The van der Waals surface area contributed by atoms with Crippen LogP contribution in [0.25, 0.3) is 0 Å². The van der Waals surface area contributed by atoms with Crippen molar-refractivity contribution in [3.8, 4) is 0 Å². The Morgan fingerprint density at radius 1 is 1.54 bits per heavy atom. The van der Waals surface area contributed by atoms with Crippen molar-refractivity contribution >= 4 is 11.8 Å². The number of amides is 1. The van der Waals surface area contributed by atoms with Crippen molar-refractivity contribution in [1.29, 1.82) is 0 Å². The second kappa shape index (κ2) is 5.51. The molecule has 0 saturated carbocycles. The summed E-state index contributed by atoms with van der Waals surface area (Å²) in [4.78, 5) is 14.7. The van der Waals surface area contributed by atoms with Gasteiger partial charge in [-0.3, -0.25) is 0 Å². The van der Waals surface area contributed by atoms with Gasteiger partial charge in [0.15, 0.2) is 0 Å². The predicted molar refractivity (Wildman–Crippen MR) is 54.1 cm³/mol. The summed E-state index contributed by atoms with van der Waals surface area (Å²) in [6, 6.07) is 0. The van der Waals surface area contributed by atoms with Gasteiger partial charge in [-0.1, -0.05) is 27.4 Å². The number of carbonyl (C=O) groups excluding carboxylic acids is 1. The molecule has 0 bridgehead atoms. The van der Waals surface area contributed by atoms with Crippen LogP contribution in [0.15, 0.2) is 17.1 Å². The Bertz CT molecular complexity index is 229. The number of allylic oxidation sites excluding steroid dienone is 1. The Hall–Kier alpha value is -1.12. The molecule has 0 aliphatic rings. The maximum atomic E-state index is 10.9. The minimum Gasteiger partial charge on any atom is -0.451 e. The molecule has 0 aromatic heterocycles. The minimum atomic E-state index is -0.557. The van der Waals surface area contributed by atoms with Gasteiger partial charge in [-0.2, -0.15) is 4.99 Å². The van der Waals surface area contributed by atoms with Crippen molar-refractivity contribution in [1.82, 2.24) is 0 Å². The first kappa shape index (κ1) is 11.9. The summed E-state index contributed by atoms with van der Waals surface area (Å²) in [5.74, 6) is 0.201. The van der Waals surface area contributed by atoms with Crippen molar-refractivity contribution in [3.63, 3.8) is 0 Å². The van der Waals surface area contributed by atoms with Crippen LogP contribution >= 0.6 is 0 Å². The largest absolute Gasteiger partial charge is 0.451 e. The number of rotatable bonds is 3. The highest BCUT2D eigenvalue weighted by molar-refractivity contribution is 6.05. The van der Waals surface area contributed by atoms with E-state index in [9.17, 15) is 4.79 Å². The third kappa shape index (κ3) is 3.87. The van der Waals surface area contributed by atoms with Gasteiger partial charge in [-0.25, -0.2) is 4.79 Å². The van der Waals surface area contributed by atoms with E-state index in [1.807, 2.05) is 20.8 Å². The van der Waals surface area contributed by atoms with Gasteiger partial charge in [-0.05, 0) is 17.9 Å². The first-order valence-electron chi connectivity index (χ1n) is 4.37. The highest BCUT2D eigenvalue weighted by atomic mass is 16.5. The Labute approximate surface area is 79.5 Å². The first-order chi connectivity index (χ1) is 6.02. The maximum Gasteiger partial charge on any atom is 0.433 e. The third-order valence-corrected chi connectivity index (χ3v) is 1.72. The Morgan fingerprint density at radius 2 is 2.08 bits per heavy atom. The fourth-order valence-electron chi connectivity index (χ4n) is 0.942. The van der Waals surface area contributed by atoms with E-state index in [0.717, 1.165) is 17.7 Å². The monoisotopic (exact) mass is 183 g/mol. The molecular formula is C10H17NO2. The summed E-state index contributed by atoms with van der Waals surface area (Å²) >= 11 is 0. The van der Waals surface area contributed by atoms with Crippen LogP contribution in [0.3, 0.4) is 0 Å². The van der Waals surface area contributed by atoms with Crippen LogP contribution in [-0.2, 0) is 4.74 Å². The average molecular weight is 183 g/mol. The normalized spacial score (nSPS) is 11.6. The lowest BCUT2D eigenvalue weighted by Gasteiger charge is -2.10. The zero-order chi connectivity index (χ0) is 10.4. The van der Waals surface area contributed by atoms with E-state index >= 15 is 0 Å². The maximum absolute atomic E-state index is 10.9. The van der Waals surface area contributed by atoms with Crippen molar-refractivity contribution in [2.75, 3.05) is 7.11 Å². The van der Waals surface area contributed by atoms with E-state index in [1.165, 1.54) is 7.11 Å². The van der Waals surface area contributed by atoms with Gasteiger partial charge in [0.1, 0.15) is 0 Å². The van der Waals surface area contributed by atoms with Gasteiger partial charge in [-0.15, -0.1) is 0 Å². The molecule has 0 aromatic rings. The van der Waals surface area contributed by atoms with Crippen LogP contribution < -0.4 is 0 Å². The summed E-state index contributed by atoms with van der Waals surface area (Å²) in [5, 5.41) is 0. The van der Waals surface area contributed by atoms with Gasteiger partial charge in [0.2, 0.25) is 0 Å². The molecule has 1 amide bonds. The molecule has 0 rings (SSSR count). The van der Waals surface area contributed by atoms with Crippen LogP contribution in [0.1, 0.15) is 27.2 Å². The second-order valence-corrected chi connectivity index (χ2v) is 3.08. The number of hydrogen-bond acceptors (Lipinski definition) is 2. The molecule has 0 saturated heterocycles. The van der Waals surface area contributed by atoms with E-state index in [1.54, 1.807) is 0 Å². The number of ether oxygens (including phenoxy) is 1. The molecule has 0 spiro atoms. The molecule has 0 aliphatic carbocycles. The van der Waals surface area contributed by atoms with E-state index in [-0.39, 0.29) is 5.92 Å². The van der Waals surface area contributed by atoms with E-state index < -0.39 is 6.09 Å². The molecule has 3 nitrogen and oxygen atoms in total. The fraction of sp³-hybridized carbons (Fsp3) is 0.600. The molecule has 0 aromatic carbocycles. The lowest BCUT2D eigenvalue weighted by molar-refractivity contribution is 0.182. The van der Waals surface area contributed by atoms with Gasteiger partial charge >= 0.3 is 6.09 Å². The van der Waals surface area contributed by atoms with Crippen molar-refractivity contribution < 1.29 is 9.53 Å². The SMILES string of the molecule is C=C(CC)/C(=N/C(=O)OC)C(C)C. The zero-order valence-corrected chi connectivity index (χ0v) is 8.76. The number of aliphatic imine (C=N–C) groups is 1. The van der Waals surface area contributed by atoms with Crippen LogP contribution in [0.5, 0.6) is 0 Å². The molecule has 13 heavy (non-hydrogen) atoms. The number of carbonyl (C=O) groups is 1. The van der Waals surface area contributed by atoms with Gasteiger partial charge < -0.3 is 4.74 Å². The highest BCUT2D eigenvalue weighted by Gasteiger charge is 2.10. The summed E-state index contributed by atoms with van der Waals surface area (Å²) in [6.07, 6.45) is 0.242. The quantitative estimate of drug-likeness (QED) is 0.631. The molecule has 3 heteroatoms. The van der Waals surface area contributed by atoms with Crippen LogP contribution in [0, 0.1) is 5.92 Å².